The SMILES string of the molecule is N=S(=O)(NC1CCCC(N2c3ccccc3Oc3ccccc32)C1O)c1ccc(SC(F)(F)F)cc1. The first-order chi connectivity index (χ1) is 17.1. The number of ether oxygens (including phenoxy) is 1. The van der Waals surface area contributed by atoms with E-state index < -0.39 is 27.6 Å². The molecule has 190 valence electrons. The highest BCUT2D eigenvalue weighted by molar-refractivity contribution is 8.00. The molecule has 6 nitrogen and oxygen atoms in total. The maximum Gasteiger partial charge on any atom is 0.446 e. The first-order valence-electron chi connectivity index (χ1n) is 11.4. The normalized spacial score (nSPS) is 23.2. The molecule has 1 aliphatic heterocycles. The van der Waals surface area contributed by atoms with Gasteiger partial charge in [-0.15, -0.1) is 0 Å². The largest absolute Gasteiger partial charge is 0.453 e. The minimum Gasteiger partial charge on any atom is -0.453 e. The molecule has 5 rings (SSSR count). The van der Waals surface area contributed by atoms with Gasteiger partial charge in [-0.05, 0) is 79.6 Å². The topological polar surface area (TPSA) is 85.7 Å². The minimum absolute atomic E-state index is 0.0520. The summed E-state index contributed by atoms with van der Waals surface area (Å²) >= 11 is -0.269. The van der Waals surface area contributed by atoms with Crippen LogP contribution in [0.5, 0.6) is 11.5 Å². The van der Waals surface area contributed by atoms with Crippen LogP contribution in [0.15, 0.2) is 82.6 Å². The van der Waals surface area contributed by atoms with E-state index in [1.165, 1.54) is 24.3 Å². The van der Waals surface area contributed by atoms with Gasteiger partial charge in [0, 0.05) is 10.9 Å². The summed E-state index contributed by atoms with van der Waals surface area (Å²) in [5, 5.41) is 11.4. The molecule has 0 spiro atoms. The van der Waals surface area contributed by atoms with Gasteiger partial charge < -0.3 is 14.7 Å². The number of rotatable bonds is 5. The standard InChI is InChI=1S/C25H24F3N3O3S2/c26-25(27,28)35-16-12-14-17(15-13-16)36(29,33)30-18-6-5-9-21(24(18)32)31-19-7-1-3-10-22(19)34-23-11-4-2-8-20(23)31/h1-4,7-8,10-15,18,21,24,32H,5-6,9H2,(H2,29,30,33). The molecule has 11 heteroatoms. The molecule has 3 N–H and O–H groups in total. The van der Waals surface area contributed by atoms with Crippen LogP contribution in [0.3, 0.4) is 0 Å². The van der Waals surface area contributed by atoms with Crippen molar-refractivity contribution in [2.45, 2.75) is 52.7 Å². The fourth-order valence-electron chi connectivity index (χ4n) is 4.77. The van der Waals surface area contributed by atoms with E-state index in [9.17, 15) is 22.5 Å². The Bertz CT molecular complexity index is 1300. The van der Waals surface area contributed by atoms with E-state index in [0.29, 0.717) is 24.3 Å². The van der Waals surface area contributed by atoms with Gasteiger partial charge in [0.2, 0.25) is 0 Å². The monoisotopic (exact) mass is 535 g/mol. The molecular formula is C25H24F3N3O3S2. The number of fused-ring (bicyclic) bond motifs is 2. The number of nitrogens with zero attached hydrogens (tertiary/aromatic N) is 1. The summed E-state index contributed by atoms with van der Waals surface area (Å²) in [6, 6.07) is 19.0. The Morgan fingerprint density at radius 3 is 2.14 bits per heavy atom. The van der Waals surface area contributed by atoms with E-state index in [-0.39, 0.29) is 27.6 Å². The van der Waals surface area contributed by atoms with Crippen molar-refractivity contribution in [2.75, 3.05) is 4.90 Å². The van der Waals surface area contributed by atoms with Crippen molar-refractivity contribution < 1.29 is 27.2 Å². The van der Waals surface area contributed by atoms with Gasteiger partial charge in [0.15, 0.2) is 11.5 Å². The number of nitrogens with one attached hydrogen (secondary N) is 2. The number of aliphatic hydroxyl groups is 1. The molecule has 0 bridgehead atoms. The predicted molar refractivity (Wildman–Crippen MR) is 133 cm³/mol. The maximum absolute atomic E-state index is 13.3. The van der Waals surface area contributed by atoms with Gasteiger partial charge in [-0.2, -0.15) is 13.2 Å². The third-order valence-corrected chi connectivity index (χ3v) is 8.64. The van der Waals surface area contributed by atoms with Crippen LogP contribution in [-0.2, 0) is 9.92 Å². The number of aliphatic hydroxyl groups excluding tert-OH is 1. The number of hydrogen-bond donors (Lipinski definition) is 3. The van der Waals surface area contributed by atoms with Crippen LogP contribution in [0.4, 0.5) is 24.5 Å². The van der Waals surface area contributed by atoms with Crippen molar-refractivity contribution in [2.24, 2.45) is 0 Å². The summed E-state index contributed by atoms with van der Waals surface area (Å²) in [7, 11) is -3.57. The molecule has 3 aromatic rings. The van der Waals surface area contributed by atoms with E-state index in [1.807, 2.05) is 53.4 Å². The summed E-state index contributed by atoms with van der Waals surface area (Å²) in [5.41, 5.74) is -2.81. The lowest BCUT2D eigenvalue weighted by Gasteiger charge is -2.45. The molecule has 1 aliphatic carbocycles. The molecule has 3 aromatic carbocycles. The molecule has 1 saturated carbocycles. The Balaban J connectivity index is 1.39. The molecule has 0 radical (unpaired) electrons. The van der Waals surface area contributed by atoms with Crippen LogP contribution >= 0.6 is 11.8 Å². The number of thioether (sulfide) groups is 1. The molecule has 4 unspecified atom stereocenters. The maximum atomic E-state index is 13.3. The number of anilines is 2. The average molecular weight is 536 g/mol. The van der Waals surface area contributed by atoms with E-state index in [1.54, 1.807) is 0 Å². The lowest BCUT2D eigenvalue weighted by atomic mass is 9.86. The number of alkyl halides is 3. The van der Waals surface area contributed by atoms with Gasteiger partial charge in [0.1, 0.15) is 9.92 Å². The lowest BCUT2D eigenvalue weighted by molar-refractivity contribution is -0.0328. The van der Waals surface area contributed by atoms with Gasteiger partial charge in [-0.1, -0.05) is 24.3 Å². The summed E-state index contributed by atoms with van der Waals surface area (Å²) in [6.07, 6.45) is 0.926. The van der Waals surface area contributed by atoms with E-state index in [0.717, 1.165) is 17.8 Å². The second-order valence-electron chi connectivity index (χ2n) is 8.70. The first kappa shape index (κ1) is 24.9. The predicted octanol–water partition coefficient (Wildman–Crippen LogP) is 6.43. The summed E-state index contributed by atoms with van der Waals surface area (Å²) in [6.45, 7) is 0. The molecule has 1 fully saturated rings. The second kappa shape index (κ2) is 9.62. The van der Waals surface area contributed by atoms with Crippen molar-refractivity contribution in [1.82, 2.24) is 4.72 Å². The number of para-hydroxylation sites is 4. The van der Waals surface area contributed by atoms with Gasteiger partial charge in [0.25, 0.3) is 0 Å². The molecule has 0 saturated heterocycles. The molecule has 1 heterocycles. The highest BCUT2D eigenvalue weighted by Gasteiger charge is 2.40. The summed E-state index contributed by atoms with van der Waals surface area (Å²) in [5.74, 6) is 1.33. The number of halogens is 3. The quantitative estimate of drug-likeness (QED) is 0.328. The molecule has 4 atom stereocenters. The van der Waals surface area contributed by atoms with Gasteiger partial charge >= 0.3 is 5.51 Å². The second-order valence-corrected chi connectivity index (χ2v) is 11.7. The van der Waals surface area contributed by atoms with Crippen molar-refractivity contribution in [3.05, 3.63) is 72.8 Å². The fourth-order valence-corrected chi connectivity index (χ4v) is 6.65. The molecular weight excluding hydrogens is 511 g/mol. The molecule has 0 amide bonds. The highest BCUT2D eigenvalue weighted by atomic mass is 32.2. The zero-order valence-electron chi connectivity index (χ0n) is 18.9. The Morgan fingerprint density at radius 1 is 0.972 bits per heavy atom. The zero-order chi connectivity index (χ0) is 25.5. The zero-order valence-corrected chi connectivity index (χ0v) is 20.6. The van der Waals surface area contributed by atoms with Crippen molar-refractivity contribution >= 4 is 33.1 Å². The van der Waals surface area contributed by atoms with Crippen molar-refractivity contribution in [3.63, 3.8) is 0 Å². The van der Waals surface area contributed by atoms with Crippen LogP contribution in [0, 0.1) is 4.78 Å². The Kier molecular flexibility index (Phi) is 6.67. The van der Waals surface area contributed by atoms with Crippen molar-refractivity contribution in [3.8, 4) is 11.5 Å². The van der Waals surface area contributed by atoms with Crippen LogP contribution in [-0.4, -0.2) is 33.0 Å². The minimum atomic E-state index is -4.43. The third kappa shape index (κ3) is 5.06. The highest BCUT2D eigenvalue weighted by Crippen LogP contribution is 2.49. The van der Waals surface area contributed by atoms with Gasteiger partial charge in [0.05, 0.1) is 28.4 Å². The van der Waals surface area contributed by atoms with Gasteiger partial charge in [-0.3, -0.25) is 0 Å². The fraction of sp³-hybridized carbons (Fsp3) is 0.280. The average Bonchev–Trinajstić information content (AvgIpc) is 2.83. The molecule has 2 aliphatic rings. The first-order valence-corrected chi connectivity index (χ1v) is 13.7. The van der Waals surface area contributed by atoms with Crippen LogP contribution in [0.25, 0.3) is 0 Å². The van der Waals surface area contributed by atoms with E-state index in [2.05, 4.69) is 4.72 Å². The van der Waals surface area contributed by atoms with E-state index in [4.69, 9.17) is 9.52 Å². The van der Waals surface area contributed by atoms with E-state index >= 15 is 0 Å². The molecule has 0 aromatic heterocycles. The van der Waals surface area contributed by atoms with Crippen LogP contribution in [0.1, 0.15) is 19.3 Å². The molecule has 36 heavy (non-hydrogen) atoms. The Hall–Kier alpha value is -2.73. The number of benzene rings is 3. The Labute approximate surface area is 211 Å². The van der Waals surface area contributed by atoms with Gasteiger partial charge in [-0.25, -0.2) is 13.7 Å². The van der Waals surface area contributed by atoms with Crippen molar-refractivity contribution in [1.29, 1.82) is 4.78 Å². The van der Waals surface area contributed by atoms with Crippen LogP contribution < -0.4 is 14.4 Å². The summed E-state index contributed by atoms with van der Waals surface area (Å²) < 4.78 is 68.4. The summed E-state index contributed by atoms with van der Waals surface area (Å²) in [4.78, 5) is 2.05. The Morgan fingerprint density at radius 2 is 1.56 bits per heavy atom. The third-order valence-electron chi connectivity index (χ3n) is 6.33. The lowest BCUT2D eigenvalue weighted by Crippen LogP contribution is -2.55. The van der Waals surface area contributed by atoms with Crippen LogP contribution in [0.2, 0.25) is 0 Å². The smallest absolute Gasteiger partial charge is 0.446 e. The number of hydrogen-bond acceptors (Lipinski definition) is 6.